The van der Waals surface area contributed by atoms with Gasteiger partial charge in [0, 0.05) is 5.70 Å². The SMILES string of the molecule is CCCCC(N)=C(C(=O)OCC)c1c(OC)cccc1OC. The maximum Gasteiger partial charge on any atom is 0.340 e. The van der Waals surface area contributed by atoms with Crippen LogP contribution in [0.3, 0.4) is 0 Å². The summed E-state index contributed by atoms with van der Waals surface area (Å²) in [5.74, 6) is 0.600. The molecule has 5 nitrogen and oxygen atoms in total. The second kappa shape index (κ2) is 8.97. The molecule has 0 radical (unpaired) electrons. The van der Waals surface area contributed by atoms with E-state index in [1.54, 1.807) is 39.3 Å². The first-order chi connectivity index (χ1) is 10.6. The van der Waals surface area contributed by atoms with Gasteiger partial charge < -0.3 is 19.9 Å². The third kappa shape index (κ3) is 4.16. The number of methoxy groups -OCH3 is 2. The first-order valence-corrected chi connectivity index (χ1v) is 7.47. The Morgan fingerprint density at radius 1 is 1.14 bits per heavy atom. The number of ether oxygens (including phenoxy) is 3. The highest BCUT2D eigenvalue weighted by molar-refractivity contribution is 6.19. The normalized spacial score (nSPS) is 11.6. The van der Waals surface area contributed by atoms with Gasteiger partial charge in [-0.1, -0.05) is 19.4 Å². The Morgan fingerprint density at radius 2 is 1.73 bits per heavy atom. The molecule has 0 aromatic heterocycles. The van der Waals surface area contributed by atoms with Gasteiger partial charge in [-0.05, 0) is 31.9 Å². The van der Waals surface area contributed by atoms with Crippen LogP contribution in [0.2, 0.25) is 0 Å². The van der Waals surface area contributed by atoms with Crippen molar-refractivity contribution in [2.24, 2.45) is 5.73 Å². The first-order valence-electron chi connectivity index (χ1n) is 7.47. The number of hydrogen-bond acceptors (Lipinski definition) is 5. The maximum atomic E-state index is 12.4. The quantitative estimate of drug-likeness (QED) is 0.590. The van der Waals surface area contributed by atoms with Gasteiger partial charge in [0.2, 0.25) is 0 Å². The largest absolute Gasteiger partial charge is 0.496 e. The molecule has 0 atom stereocenters. The lowest BCUT2D eigenvalue weighted by molar-refractivity contribution is -0.136. The Kier molecular flexibility index (Phi) is 7.29. The highest BCUT2D eigenvalue weighted by Crippen LogP contribution is 2.37. The Bertz CT molecular complexity index is 515. The molecular weight excluding hydrogens is 282 g/mol. The number of benzene rings is 1. The number of rotatable bonds is 8. The lowest BCUT2D eigenvalue weighted by Crippen LogP contribution is -2.15. The van der Waals surface area contributed by atoms with Crippen LogP contribution in [-0.4, -0.2) is 26.8 Å². The lowest BCUT2D eigenvalue weighted by atomic mass is 9.99. The van der Waals surface area contributed by atoms with Crippen molar-refractivity contribution in [1.82, 2.24) is 0 Å². The zero-order chi connectivity index (χ0) is 16.5. The fourth-order valence-electron chi connectivity index (χ4n) is 2.19. The minimum atomic E-state index is -0.459. The molecule has 0 saturated heterocycles. The third-order valence-corrected chi connectivity index (χ3v) is 3.28. The molecule has 5 heteroatoms. The second-order valence-corrected chi connectivity index (χ2v) is 4.76. The van der Waals surface area contributed by atoms with Crippen molar-refractivity contribution in [3.8, 4) is 11.5 Å². The Labute approximate surface area is 132 Å². The van der Waals surface area contributed by atoms with Gasteiger partial charge in [0.15, 0.2) is 0 Å². The van der Waals surface area contributed by atoms with Gasteiger partial charge in [-0.25, -0.2) is 4.79 Å². The average molecular weight is 307 g/mol. The van der Waals surface area contributed by atoms with Crippen molar-refractivity contribution in [2.75, 3.05) is 20.8 Å². The van der Waals surface area contributed by atoms with Gasteiger partial charge in [-0.3, -0.25) is 0 Å². The minimum absolute atomic E-state index is 0.279. The van der Waals surface area contributed by atoms with E-state index in [4.69, 9.17) is 19.9 Å². The first kappa shape index (κ1) is 17.9. The van der Waals surface area contributed by atoms with E-state index in [-0.39, 0.29) is 6.61 Å². The Balaban J connectivity index is 3.48. The molecule has 1 aromatic carbocycles. The van der Waals surface area contributed by atoms with Crippen LogP contribution in [0.4, 0.5) is 0 Å². The van der Waals surface area contributed by atoms with Gasteiger partial charge in [0.05, 0.1) is 32.0 Å². The lowest BCUT2D eigenvalue weighted by Gasteiger charge is -2.17. The van der Waals surface area contributed by atoms with Crippen LogP contribution in [0.5, 0.6) is 11.5 Å². The molecule has 0 unspecified atom stereocenters. The van der Waals surface area contributed by atoms with Crippen LogP contribution in [0.1, 0.15) is 38.7 Å². The van der Waals surface area contributed by atoms with Crippen LogP contribution < -0.4 is 15.2 Å². The van der Waals surface area contributed by atoms with E-state index >= 15 is 0 Å². The number of allylic oxidation sites excluding steroid dienone is 1. The summed E-state index contributed by atoms with van der Waals surface area (Å²) < 4.78 is 15.9. The van der Waals surface area contributed by atoms with Crippen molar-refractivity contribution in [3.05, 3.63) is 29.5 Å². The molecule has 0 bridgehead atoms. The van der Waals surface area contributed by atoms with Crippen LogP contribution in [-0.2, 0) is 9.53 Å². The molecule has 0 aliphatic rings. The van der Waals surface area contributed by atoms with Crippen LogP contribution in [0, 0.1) is 0 Å². The number of unbranched alkanes of at least 4 members (excludes halogenated alkanes) is 1. The Hall–Kier alpha value is -2.17. The molecule has 122 valence electrons. The molecule has 1 rings (SSSR count). The fraction of sp³-hybridized carbons (Fsp3) is 0.471. The molecule has 0 saturated carbocycles. The number of esters is 1. The van der Waals surface area contributed by atoms with Crippen molar-refractivity contribution in [3.63, 3.8) is 0 Å². The molecule has 22 heavy (non-hydrogen) atoms. The number of carbonyl (C=O) groups excluding carboxylic acids is 1. The molecule has 0 heterocycles. The predicted octanol–water partition coefficient (Wildman–Crippen LogP) is 3.13. The van der Waals surface area contributed by atoms with E-state index in [9.17, 15) is 4.79 Å². The van der Waals surface area contributed by atoms with Crippen molar-refractivity contribution in [1.29, 1.82) is 0 Å². The number of carbonyl (C=O) groups is 1. The summed E-state index contributed by atoms with van der Waals surface area (Å²) in [5.41, 5.74) is 7.54. The molecule has 2 N–H and O–H groups in total. The monoisotopic (exact) mass is 307 g/mol. The highest BCUT2D eigenvalue weighted by Gasteiger charge is 2.24. The standard InChI is InChI=1S/C17H25NO4/c1-5-7-9-12(18)15(17(19)22-6-2)16-13(20-3)10-8-11-14(16)21-4/h8,10-11H,5-7,9,18H2,1-4H3. The van der Waals surface area contributed by atoms with Gasteiger partial charge in [0.25, 0.3) is 0 Å². The van der Waals surface area contributed by atoms with Gasteiger partial charge in [-0.2, -0.15) is 0 Å². The van der Waals surface area contributed by atoms with E-state index in [1.165, 1.54) is 0 Å². The zero-order valence-electron chi connectivity index (χ0n) is 13.8. The topological polar surface area (TPSA) is 70.8 Å². The molecule has 0 amide bonds. The molecule has 0 aliphatic heterocycles. The second-order valence-electron chi connectivity index (χ2n) is 4.76. The Morgan fingerprint density at radius 3 is 2.18 bits per heavy atom. The van der Waals surface area contributed by atoms with Crippen molar-refractivity contribution >= 4 is 11.5 Å². The zero-order valence-corrected chi connectivity index (χ0v) is 13.8. The number of nitrogens with two attached hydrogens (primary N) is 1. The molecular formula is C17H25NO4. The van der Waals surface area contributed by atoms with Crippen molar-refractivity contribution in [2.45, 2.75) is 33.1 Å². The fourth-order valence-corrected chi connectivity index (χ4v) is 2.19. The summed E-state index contributed by atoms with van der Waals surface area (Å²) in [6.07, 6.45) is 2.50. The van der Waals surface area contributed by atoms with E-state index in [1.807, 2.05) is 0 Å². The maximum absolute atomic E-state index is 12.4. The van der Waals surface area contributed by atoms with E-state index in [2.05, 4.69) is 6.92 Å². The van der Waals surface area contributed by atoms with Crippen LogP contribution in [0.15, 0.2) is 23.9 Å². The van der Waals surface area contributed by atoms with Gasteiger partial charge in [0.1, 0.15) is 11.5 Å². The van der Waals surface area contributed by atoms with Crippen LogP contribution >= 0.6 is 0 Å². The molecule has 0 spiro atoms. The highest BCUT2D eigenvalue weighted by atomic mass is 16.5. The third-order valence-electron chi connectivity index (χ3n) is 3.28. The summed E-state index contributed by atoms with van der Waals surface area (Å²) in [4.78, 5) is 12.4. The predicted molar refractivity (Wildman–Crippen MR) is 86.8 cm³/mol. The van der Waals surface area contributed by atoms with Gasteiger partial charge in [-0.15, -0.1) is 0 Å². The van der Waals surface area contributed by atoms with E-state index in [0.29, 0.717) is 34.8 Å². The van der Waals surface area contributed by atoms with E-state index in [0.717, 1.165) is 12.8 Å². The smallest absolute Gasteiger partial charge is 0.340 e. The molecule has 0 fully saturated rings. The average Bonchev–Trinajstić information content (AvgIpc) is 2.53. The van der Waals surface area contributed by atoms with Crippen molar-refractivity contribution < 1.29 is 19.0 Å². The minimum Gasteiger partial charge on any atom is -0.496 e. The van der Waals surface area contributed by atoms with Gasteiger partial charge >= 0.3 is 5.97 Å². The molecule has 1 aromatic rings. The summed E-state index contributed by atoms with van der Waals surface area (Å²) in [6.45, 7) is 4.11. The number of hydrogen-bond donors (Lipinski definition) is 1. The summed E-state index contributed by atoms with van der Waals surface area (Å²) >= 11 is 0. The summed E-state index contributed by atoms with van der Waals surface area (Å²) in [5, 5.41) is 0. The molecule has 0 aliphatic carbocycles. The van der Waals surface area contributed by atoms with Crippen LogP contribution in [0.25, 0.3) is 5.57 Å². The summed E-state index contributed by atoms with van der Waals surface area (Å²) in [7, 11) is 3.09. The van der Waals surface area contributed by atoms with E-state index < -0.39 is 5.97 Å². The summed E-state index contributed by atoms with van der Waals surface area (Å²) in [6, 6.07) is 5.33.